The third-order valence-corrected chi connectivity index (χ3v) is 1.83. The molecule has 4 nitrogen and oxygen atoms in total. The lowest BCUT2D eigenvalue weighted by atomic mass is 10.2. The number of hydrogen-bond donors (Lipinski definition) is 2. The molecule has 6 heteroatoms. The van der Waals surface area contributed by atoms with Gasteiger partial charge < -0.3 is 5.73 Å². The van der Waals surface area contributed by atoms with Crippen LogP contribution in [0.15, 0.2) is 16.9 Å². The Bertz CT molecular complexity index is 564. The molecule has 0 aliphatic rings. The summed E-state index contributed by atoms with van der Waals surface area (Å²) in [6, 6.07) is 1.65. The quantitative estimate of drug-likeness (QED) is 0.655. The summed E-state index contributed by atoms with van der Waals surface area (Å²) in [6.45, 7) is 0. The van der Waals surface area contributed by atoms with E-state index in [1.165, 1.54) is 0 Å². The molecule has 0 atom stereocenters. The van der Waals surface area contributed by atoms with Crippen LogP contribution in [0.25, 0.3) is 10.9 Å². The highest BCUT2D eigenvalue weighted by atomic mass is 19.2. The minimum absolute atomic E-state index is 0.0172. The number of benzene rings is 1. The first-order valence-corrected chi connectivity index (χ1v) is 3.72. The highest BCUT2D eigenvalue weighted by Crippen LogP contribution is 2.13. The topological polar surface area (TPSA) is 71.8 Å². The molecule has 0 unspecified atom stereocenters. The number of nitrogens with zero attached hydrogens (tertiary/aromatic N) is 1. The number of hydrogen-bond acceptors (Lipinski definition) is 3. The number of aromatic nitrogens is 2. The SMILES string of the molecule is Nc1n[nH]c2cc(F)c(F)cc2c1=O. The van der Waals surface area contributed by atoms with Gasteiger partial charge in [-0.1, -0.05) is 0 Å². The van der Waals surface area contributed by atoms with Gasteiger partial charge in [0.1, 0.15) is 0 Å². The molecule has 1 heterocycles. The summed E-state index contributed by atoms with van der Waals surface area (Å²) >= 11 is 0. The lowest BCUT2D eigenvalue weighted by Crippen LogP contribution is -2.12. The summed E-state index contributed by atoms with van der Waals surface area (Å²) in [5.74, 6) is -2.41. The molecule has 14 heavy (non-hydrogen) atoms. The summed E-state index contributed by atoms with van der Waals surface area (Å²) in [5, 5.41) is 5.76. The van der Waals surface area contributed by atoms with Crippen LogP contribution in [-0.4, -0.2) is 10.2 Å². The second kappa shape index (κ2) is 2.76. The van der Waals surface area contributed by atoms with Gasteiger partial charge in [0.15, 0.2) is 17.5 Å². The fourth-order valence-electron chi connectivity index (χ4n) is 1.14. The van der Waals surface area contributed by atoms with Crippen molar-refractivity contribution < 1.29 is 8.78 Å². The molecule has 72 valence electrons. The lowest BCUT2D eigenvalue weighted by molar-refractivity contribution is 0.510. The Kier molecular flexibility index (Phi) is 1.70. The smallest absolute Gasteiger partial charge is 0.231 e. The fourth-order valence-corrected chi connectivity index (χ4v) is 1.14. The molecule has 0 spiro atoms. The second-order valence-corrected chi connectivity index (χ2v) is 2.75. The third-order valence-electron chi connectivity index (χ3n) is 1.83. The number of fused-ring (bicyclic) bond motifs is 1. The maximum Gasteiger partial charge on any atom is 0.231 e. The van der Waals surface area contributed by atoms with Crippen molar-refractivity contribution in [3.05, 3.63) is 34.0 Å². The first-order chi connectivity index (χ1) is 6.59. The van der Waals surface area contributed by atoms with E-state index in [0.29, 0.717) is 0 Å². The zero-order valence-corrected chi connectivity index (χ0v) is 6.84. The van der Waals surface area contributed by atoms with E-state index in [1.54, 1.807) is 0 Å². The van der Waals surface area contributed by atoms with Gasteiger partial charge in [-0.15, -0.1) is 0 Å². The predicted octanol–water partition coefficient (Wildman–Crippen LogP) is 0.783. The van der Waals surface area contributed by atoms with E-state index in [0.717, 1.165) is 12.1 Å². The number of nitrogens with one attached hydrogen (secondary N) is 1. The zero-order chi connectivity index (χ0) is 10.3. The maximum absolute atomic E-state index is 12.8. The van der Waals surface area contributed by atoms with Crippen LogP contribution in [0.1, 0.15) is 0 Å². The summed E-state index contributed by atoms with van der Waals surface area (Å²) in [4.78, 5) is 11.3. The first-order valence-electron chi connectivity index (χ1n) is 3.72. The van der Waals surface area contributed by atoms with E-state index < -0.39 is 17.1 Å². The molecular weight excluding hydrogens is 192 g/mol. The summed E-state index contributed by atoms with van der Waals surface area (Å²) in [6.07, 6.45) is 0. The van der Waals surface area contributed by atoms with Gasteiger partial charge >= 0.3 is 0 Å². The van der Waals surface area contributed by atoms with E-state index in [9.17, 15) is 13.6 Å². The molecule has 3 N–H and O–H groups in total. The average molecular weight is 197 g/mol. The molecule has 0 fully saturated rings. The van der Waals surface area contributed by atoms with Gasteiger partial charge in [0.2, 0.25) is 5.43 Å². The lowest BCUT2D eigenvalue weighted by Gasteiger charge is -1.99. The predicted molar refractivity (Wildman–Crippen MR) is 46.7 cm³/mol. The Labute approximate surface area is 76.4 Å². The van der Waals surface area contributed by atoms with Gasteiger partial charge in [0, 0.05) is 6.07 Å². The highest BCUT2D eigenvalue weighted by Gasteiger charge is 2.08. The fraction of sp³-hybridized carbons (Fsp3) is 0. The molecule has 0 aliphatic carbocycles. The molecule has 0 saturated carbocycles. The molecule has 0 amide bonds. The molecule has 0 radical (unpaired) electrons. The van der Waals surface area contributed by atoms with Crippen molar-refractivity contribution >= 4 is 16.7 Å². The Hall–Kier alpha value is -1.98. The minimum atomic E-state index is -1.09. The molecule has 1 aromatic heterocycles. The first kappa shape index (κ1) is 8.61. The van der Waals surface area contributed by atoms with E-state index in [4.69, 9.17) is 5.73 Å². The number of halogens is 2. The number of H-pyrrole nitrogens is 1. The van der Waals surface area contributed by atoms with Gasteiger partial charge in [-0.3, -0.25) is 9.89 Å². The standard InChI is InChI=1S/C8H5F2N3O/c9-4-1-3-6(2-5(4)10)12-13-8(11)7(3)14/h1-2H,(H2,11,13)(H,12,14). The number of aromatic amines is 1. The van der Waals surface area contributed by atoms with Crippen molar-refractivity contribution in [2.24, 2.45) is 0 Å². The largest absolute Gasteiger partial charge is 0.379 e. The van der Waals surface area contributed by atoms with E-state index in [2.05, 4.69) is 10.2 Å². The van der Waals surface area contributed by atoms with E-state index >= 15 is 0 Å². The van der Waals surface area contributed by atoms with E-state index in [-0.39, 0.29) is 16.7 Å². The Morgan fingerprint density at radius 2 is 1.93 bits per heavy atom. The second-order valence-electron chi connectivity index (χ2n) is 2.75. The number of anilines is 1. The number of nitrogens with two attached hydrogens (primary N) is 1. The van der Waals surface area contributed by atoms with Crippen LogP contribution in [0.5, 0.6) is 0 Å². The van der Waals surface area contributed by atoms with E-state index in [1.807, 2.05) is 0 Å². The van der Waals surface area contributed by atoms with Crippen LogP contribution in [0.2, 0.25) is 0 Å². The Morgan fingerprint density at radius 3 is 2.64 bits per heavy atom. The van der Waals surface area contributed by atoms with Crippen molar-refractivity contribution in [2.75, 3.05) is 5.73 Å². The van der Waals surface area contributed by atoms with Crippen LogP contribution in [0, 0.1) is 11.6 Å². The molecule has 0 aliphatic heterocycles. The monoisotopic (exact) mass is 197 g/mol. The molecule has 1 aromatic carbocycles. The van der Waals surface area contributed by atoms with Crippen LogP contribution < -0.4 is 11.2 Å². The highest BCUT2D eigenvalue weighted by molar-refractivity contribution is 5.79. The molecule has 2 aromatic rings. The average Bonchev–Trinajstić information content (AvgIpc) is 2.15. The Morgan fingerprint density at radius 1 is 1.29 bits per heavy atom. The van der Waals surface area contributed by atoms with Crippen LogP contribution in [-0.2, 0) is 0 Å². The third kappa shape index (κ3) is 1.12. The molecule has 2 rings (SSSR count). The van der Waals surface area contributed by atoms with Crippen LogP contribution >= 0.6 is 0 Å². The number of rotatable bonds is 0. The normalized spacial score (nSPS) is 10.7. The maximum atomic E-state index is 12.8. The van der Waals surface area contributed by atoms with Gasteiger partial charge in [-0.25, -0.2) is 8.78 Å². The summed E-state index contributed by atoms with van der Waals surface area (Å²) < 4.78 is 25.5. The Balaban J connectivity index is 2.97. The van der Waals surface area contributed by atoms with Gasteiger partial charge in [-0.05, 0) is 6.07 Å². The van der Waals surface area contributed by atoms with Crippen LogP contribution in [0.3, 0.4) is 0 Å². The minimum Gasteiger partial charge on any atom is -0.379 e. The van der Waals surface area contributed by atoms with Crippen molar-refractivity contribution in [2.45, 2.75) is 0 Å². The van der Waals surface area contributed by atoms with Gasteiger partial charge in [0.05, 0.1) is 10.9 Å². The molecular formula is C8H5F2N3O. The molecule has 0 bridgehead atoms. The van der Waals surface area contributed by atoms with Gasteiger partial charge in [-0.2, -0.15) is 5.10 Å². The summed E-state index contributed by atoms with van der Waals surface area (Å²) in [7, 11) is 0. The van der Waals surface area contributed by atoms with Crippen molar-refractivity contribution in [1.82, 2.24) is 10.2 Å². The number of nitrogen functional groups attached to an aromatic ring is 1. The van der Waals surface area contributed by atoms with Crippen LogP contribution in [0.4, 0.5) is 14.6 Å². The van der Waals surface area contributed by atoms with Crippen molar-refractivity contribution in [1.29, 1.82) is 0 Å². The molecule has 0 saturated heterocycles. The van der Waals surface area contributed by atoms with Crippen molar-refractivity contribution in [3.63, 3.8) is 0 Å². The zero-order valence-electron chi connectivity index (χ0n) is 6.84. The summed E-state index contributed by atoms with van der Waals surface area (Å²) in [5.41, 5.74) is 4.70. The van der Waals surface area contributed by atoms with Crippen molar-refractivity contribution in [3.8, 4) is 0 Å². The van der Waals surface area contributed by atoms with Gasteiger partial charge in [0.25, 0.3) is 0 Å².